The fourth-order valence-corrected chi connectivity index (χ4v) is 4.18. The van der Waals surface area contributed by atoms with Crippen LogP contribution in [-0.2, 0) is 6.42 Å². The van der Waals surface area contributed by atoms with Gasteiger partial charge in [-0.05, 0) is 37.6 Å². The van der Waals surface area contributed by atoms with Gasteiger partial charge in [-0.3, -0.25) is 4.90 Å². The van der Waals surface area contributed by atoms with Crippen molar-refractivity contribution < 1.29 is 0 Å². The van der Waals surface area contributed by atoms with Gasteiger partial charge in [0.15, 0.2) is 0 Å². The Morgan fingerprint density at radius 1 is 1.33 bits per heavy atom. The van der Waals surface area contributed by atoms with E-state index in [1.54, 1.807) is 11.3 Å². The molecule has 0 aliphatic carbocycles. The first-order valence-electron chi connectivity index (χ1n) is 7.57. The van der Waals surface area contributed by atoms with Crippen LogP contribution in [0.15, 0.2) is 6.07 Å². The van der Waals surface area contributed by atoms with Crippen LogP contribution in [0.4, 0.5) is 5.82 Å². The summed E-state index contributed by atoms with van der Waals surface area (Å²) in [5.74, 6) is 1.00. The van der Waals surface area contributed by atoms with Crippen LogP contribution in [0.2, 0.25) is 5.28 Å². The second-order valence-corrected chi connectivity index (χ2v) is 6.98. The fourth-order valence-electron chi connectivity index (χ4n) is 3.00. The van der Waals surface area contributed by atoms with Crippen LogP contribution in [0, 0.1) is 0 Å². The Hall–Kier alpha value is -0.910. The minimum Gasteiger partial charge on any atom is -0.353 e. The van der Waals surface area contributed by atoms with E-state index in [0.29, 0.717) is 11.3 Å². The zero-order valence-electron chi connectivity index (χ0n) is 12.8. The molecule has 0 aromatic carbocycles. The lowest BCUT2D eigenvalue weighted by Crippen LogP contribution is -2.52. The molecule has 0 N–H and O–H groups in total. The molecule has 1 atom stereocenters. The van der Waals surface area contributed by atoms with Crippen molar-refractivity contribution >= 4 is 39.0 Å². The number of anilines is 1. The molecule has 1 aliphatic heterocycles. The first-order valence-corrected chi connectivity index (χ1v) is 8.76. The van der Waals surface area contributed by atoms with Crippen LogP contribution in [0.25, 0.3) is 10.2 Å². The molecule has 3 heterocycles. The van der Waals surface area contributed by atoms with E-state index in [2.05, 4.69) is 46.6 Å². The Labute approximate surface area is 134 Å². The van der Waals surface area contributed by atoms with Gasteiger partial charge in [0, 0.05) is 30.6 Å². The summed E-state index contributed by atoms with van der Waals surface area (Å²) >= 11 is 7.86. The maximum atomic E-state index is 6.14. The number of thiophene rings is 1. The zero-order valence-corrected chi connectivity index (χ0v) is 14.3. The summed E-state index contributed by atoms with van der Waals surface area (Å²) in [7, 11) is 0. The van der Waals surface area contributed by atoms with E-state index in [1.807, 2.05) is 0 Å². The van der Waals surface area contributed by atoms with Gasteiger partial charge in [0.25, 0.3) is 0 Å². The lowest BCUT2D eigenvalue weighted by Gasteiger charge is -2.40. The molecule has 1 saturated heterocycles. The van der Waals surface area contributed by atoms with Crippen LogP contribution in [0.1, 0.15) is 25.6 Å². The molecule has 3 rings (SSSR count). The van der Waals surface area contributed by atoms with Crippen molar-refractivity contribution in [2.24, 2.45) is 0 Å². The lowest BCUT2D eigenvalue weighted by molar-refractivity contribution is 0.199. The third kappa shape index (κ3) is 2.87. The first kappa shape index (κ1) is 15.0. The van der Waals surface area contributed by atoms with Crippen LogP contribution in [-0.4, -0.2) is 47.1 Å². The number of halogens is 1. The van der Waals surface area contributed by atoms with Gasteiger partial charge >= 0.3 is 0 Å². The van der Waals surface area contributed by atoms with E-state index in [-0.39, 0.29) is 0 Å². The predicted octanol–water partition coefficient (Wildman–Crippen LogP) is 3.44. The summed E-state index contributed by atoms with van der Waals surface area (Å²) in [6, 6.07) is 2.76. The summed E-state index contributed by atoms with van der Waals surface area (Å²) in [4.78, 5) is 16.1. The Morgan fingerprint density at radius 3 is 2.81 bits per heavy atom. The van der Waals surface area contributed by atoms with Crippen molar-refractivity contribution in [1.82, 2.24) is 14.9 Å². The van der Waals surface area contributed by atoms with E-state index in [0.717, 1.165) is 48.6 Å². The Bertz CT molecular complexity index is 642. The second kappa shape index (κ2) is 6.07. The fraction of sp³-hybridized carbons (Fsp3) is 0.600. The van der Waals surface area contributed by atoms with Gasteiger partial charge in [-0.2, -0.15) is 4.98 Å². The SMILES string of the molecule is CCc1cc2c(N3CCN(CC)C(C)C3)nc(Cl)nc2s1. The van der Waals surface area contributed by atoms with Crippen molar-refractivity contribution in [2.75, 3.05) is 31.1 Å². The Balaban J connectivity index is 1.98. The number of likely N-dealkylation sites (N-methyl/N-ethyl adjacent to an activating group) is 1. The average molecular weight is 325 g/mol. The minimum atomic E-state index is 0.354. The number of nitrogens with zero attached hydrogens (tertiary/aromatic N) is 4. The molecule has 6 heteroatoms. The van der Waals surface area contributed by atoms with Crippen LogP contribution < -0.4 is 4.90 Å². The number of hydrogen-bond donors (Lipinski definition) is 0. The largest absolute Gasteiger partial charge is 0.353 e. The van der Waals surface area contributed by atoms with E-state index >= 15 is 0 Å². The summed E-state index contributed by atoms with van der Waals surface area (Å²) in [5.41, 5.74) is 0. The van der Waals surface area contributed by atoms with Gasteiger partial charge in [-0.25, -0.2) is 4.98 Å². The maximum Gasteiger partial charge on any atom is 0.225 e. The number of hydrogen-bond acceptors (Lipinski definition) is 5. The number of rotatable bonds is 3. The van der Waals surface area contributed by atoms with Gasteiger partial charge < -0.3 is 4.90 Å². The van der Waals surface area contributed by atoms with E-state index < -0.39 is 0 Å². The molecule has 114 valence electrons. The molecule has 1 fully saturated rings. The normalized spacial score (nSPS) is 20.4. The second-order valence-electron chi connectivity index (χ2n) is 5.52. The quantitative estimate of drug-likeness (QED) is 0.810. The number of fused-ring (bicyclic) bond motifs is 1. The van der Waals surface area contributed by atoms with Gasteiger partial charge in [0.1, 0.15) is 10.6 Å². The molecule has 0 radical (unpaired) electrons. The van der Waals surface area contributed by atoms with Crippen LogP contribution in [0.5, 0.6) is 0 Å². The van der Waals surface area contributed by atoms with Crippen LogP contribution in [0.3, 0.4) is 0 Å². The molecule has 2 aromatic rings. The molecule has 2 aromatic heterocycles. The Kier molecular flexibility index (Phi) is 4.33. The predicted molar refractivity (Wildman–Crippen MR) is 90.7 cm³/mol. The van der Waals surface area contributed by atoms with E-state index in [1.165, 1.54) is 4.88 Å². The summed E-state index contributed by atoms with van der Waals surface area (Å²) in [6.07, 6.45) is 1.03. The lowest BCUT2D eigenvalue weighted by atomic mass is 10.2. The monoisotopic (exact) mass is 324 g/mol. The van der Waals surface area contributed by atoms with Gasteiger partial charge in [-0.1, -0.05) is 13.8 Å². The summed E-state index contributed by atoms with van der Waals surface area (Å²) in [5, 5.41) is 1.51. The van der Waals surface area contributed by atoms with Crippen molar-refractivity contribution in [1.29, 1.82) is 0 Å². The standard InChI is InChI=1S/C15H21ClN4S/c1-4-11-8-12-13(17-15(16)18-14(12)21-11)20-7-6-19(5-2)10(3)9-20/h8,10H,4-7,9H2,1-3H3. The third-order valence-corrected chi connectivity index (χ3v) is 5.56. The summed E-state index contributed by atoms with van der Waals surface area (Å²) in [6.45, 7) is 10.8. The highest BCUT2D eigenvalue weighted by Gasteiger charge is 2.25. The first-order chi connectivity index (χ1) is 10.1. The molecular weight excluding hydrogens is 304 g/mol. The highest BCUT2D eigenvalue weighted by molar-refractivity contribution is 7.18. The van der Waals surface area contributed by atoms with Crippen molar-refractivity contribution in [2.45, 2.75) is 33.2 Å². The zero-order chi connectivity index (χ0) is 15.0. The molecule has 4 nitrogen and oxygen atoms in total. The molecule has 0 saturated carbocycles. The van der Waals surface area contributed by atoms with Gasteiger partial charge in [-0.15, -0.1) is 11.3 Å². The smallest absolute Gasteiger partial charge is 0.225 e. The molecule has 1 aliphatic rings. The highest BCUT2D eigenvalue weighted by Crippen LogP contribution is 2.33. The number of piperazine rings is 1. The number of aryl methyl sites for hydroxylation is 1. The average Bonchev–Trinajstić information content (AvgIpc) is 2.89. The van der Waals surface area contributed by atoms with Crippen molar-refractivity contribution in [3.63, 3.8) is 0 Å². The van der Waals surface area contributed by atoms with E-state index in [4.69, 9.17) is 11.6 Å². The summed E-state index contributed by atoms with van der Waals surface area (Å²) < 4.78 is 0. The molecule has 0 spiro atoms. The maximum absolute atomic E-state index is 6.14. The molecule has 0 bridgehead atoms. The topological polar surface area (TPSA) is 32.3 Å². The molecule has 0 amide bonds. The highest BCUT2D eigenvalue weighted by atomic mass is 35.5. The molecular formula is C15H21ClN4S. The molecule has 1 unspecified atom stereocenters. The van der Waals surface area contributed by atoms with Crippen molar-refractivity contribution in [3.05, 3.63) is 16.2 Å². The van der Waals surface area contributed by atoms with Crippen LogP contribution >= 0.6 is 22.9 Å². The van der Waals surface area contributed by atoms with Gasteiger partial charge in [0.05, 0.1) is 5.39 Å². The minimum absolute atomic E-state index is 0.354. The van der Waals surface area contributed by atoms with Gasteiger partial charge in [0.2, 0.25) is 5.28 Å². The Morgan fingerprint density at radius 2 is 2.14 bits per heavy atom. The van der Waals surface area contributed by atoms with Crippen molar-refractivity contribution in [3.8, 4) is 0 Å². The number of aromatic nitrogens is 2. The molecule has 21 heavy (non-hydrogen) atoms. The third-order valence-electron chi connectivity index (χ3n) is 4.22. The van der Waals surface area contributed by atoms with E-state index in [9.17, 15) is 0 Å².